The summed E-state index contributed by atoms with van der Waals surface area (Å²) < 4.78 is 4.70. The molecule has 1 atom stereocenters. The molecule has 14 heavy (non-hydrogen) atoms. The fourth-order valence-electron chi connectivity index (χ4n) is 1.91. The topological polar surface area (TPSA) is 38.3 Å². The Labute approximate surface area is 92.0 Å². The summed E-state index contributed by atoms with van der Waals surface area (Å²) in [5.41, 5.74) is 0. The number of piperidine rings is 1. The Kier molecular flexibility index (Phi) is 6.93. The Morgan fingerprint density at radius 2 is 2.07 bits per heavy atom. The molecule has 1 aliphatic heterocycles. The summed E-state index contributed by atoms with van der Waals surface area (Å²) in [6.07, 6.45) is 3.37. The molecule has 1 saturated heterocycles. The summed E-state index contributed by atoms with van der Waals surface area (Å²) in [5, 5.41) is 3.31. The Balaban J connectivity index is 0.00000169. The Morgan fingerprint density at radius 1 is 1.50 bits per heavy atom. The van der Waals surface area contributed by atoms with Crippen molar-refractivity contribution in [2.45, 2.75) is 26.2 Å². The maximum atomic E-state index is 11.1. The number of methoxy groups -OCH3 is 1. The number of hydrogen-bond acceptors (Lipinski definition) is 3. The van der Waals surface area contributed by atoms with Gasteiger partial charge in [0.1, 0.15) is 0 Å². The Hall–Kier alpha value is -0.280. The van der Waals surface area contributed by atoms with Crippen molar-refractivity contribution in [2.75, 3.05) is 20.2 Å². The van der Waals surface area contributed by atoms with Gasteiger partial charge in [0.25, 0.3) is 0 Å². The second-order valence-corrected chi connectivity index (χ2v) is 3.85. The fourth-order valence-corrected chi connectivity index (χ4v) is 1.91. The van der Waals surface area contributed by atoms with Crippen molar-refractivity contribution in [3.63, 3.8) is 0 Å². The number of carbonyl (C=O) groups excluding carboxylic acids is 1. The number of rotatable bonds is 3. The van der Waals surface area contributed by atoms with Crippen molar-refractivity contribution < 1.29 is 9.53 Å². The van der Waals surface area contributed by atoms with Gasteiger partial charge in [-0.2, -0.15) is 0 Å². The predicted octanol–water partition coefficient (Wildman–Crippen LogP) is 1.61. The van der Waals surface area contributed by atoms with Crippen LogP contribution in [0.3, 0.4) is 0 Å². The van der Waals surface area contributed by atoms with Crippen molar-refractivity contribution in [1.29, 1.82) is 0 Å². The molecule has 0 aromatic rings. The van der Waals surface area contributed by atoms with Crippen molar-refractivity contribution in [2.24, 2.45) is 11.8 Å². The van der Waals surface area contributed by atoms with Crippen molar-refractivity contribution in [3.05, 3.63) is 0 Å². The lowest BCUT2D eigenvalue weighted by Crippen LogP contribution is -2.29. The molecule has 84 valence electrons. The number of hydrogen-bond donors (Lipinski definition) is 1. The lowest BCUT2D eigenvalue weighted by molar-refractivity contribution is -0.145. The van der Waals surface area contributed by atoms with Gasteiger partial charge >= 0.3 is 5.97 Å². The van der Waals surface area contributed by atoms with Crippen molar-refractivity contribution in [1.82, 2.24) is 5.32 Å². The van der Waals surface area contributed by atoms with E-state index in [0.29, 0.717) is 5.92 Å². The summed E-state index contributed by atoms with van der Waals surface area (Å²) in [4.78, 5) is 11.1. The highest BCUT2D eigenvalue weighted by molar-refractivity contribution is 5.85. The third-order valence-corrected chi connectivity index (χ3v) is 2.75. The predicted molar refractivity (Wildman–Crippen MR) is 58.6 cm³/mol. The number of nitrogens with one attached hydrogen (secondary N) is 1. The van der Waals surface area contributed by atoms with Crippen LogP contribution in [0.15, 0.2) is 0 Å². The van der Waals surface area contributed by atoms with Gasteiger partial charge in [0.2, 0.25) is 0 Å². The first-order chi connectivity index (χ1) is 6.24. The lowest BCUT2D eigenvalue weighted by Gasteiger charge is -2.24. The summed E-state index contributed by atoms with van der Waals surface area (Å²) in [6.45, 7) is 4.14. The van der Waals surface area contributed by atoms with Gasteiger partial charge in [-0.05, 0) is 38.3 Å². The van der Waals surface area contributed by atoms with Crippen molar-refractivity contribution >= 4 is 18.4 Å². The average Bonchev–Trinajstić information content (AvgIpc) is 2.18. The molecule has 1 fully saturated rings. The second kappa shape index (κ2) is 7.07. The monoisotopic (exact) mass is 221 g/mol. The molecule has 0 saturated carbocycles. The molecule has 0 aromatic carbocycles. The fraction of sp³-hybridized carbons (Fsp3) is 0.900. The normalized spacial score (nSPS) is 19.6. The summed E-state index contributed by atoms with van der Waals surface area (Å²) in [7, 11) is 1.46. The zero-order chi connectivity index (χ0) is 9.68. The first kappa shape index (κ1) is 13.7. The molecule has 1 aliphatic rings. The first-order valence-corrected chi connectivity index (χ1v) is 5.02. The van der Waals surface area contributed by atoms with E-state index in [1.165, 1.54) is 20.0 Å². The first-order valence-electron chi connectivity index (χ1n) is 5.02. The molecule has 0 amide bonds. The number of carbonyl (C=O) groups is 1. The van der Waals surface area contributed by atoms with Crippen LogP contribution in [-0.4, -0.2) is 26.2 Å². The molecule has 3 nitrogen and oxygen atoms in total. The molecular weight excluding hydrogens is 202 g/mol. The maximum Gasteiger partial charge on any atom is 0.308 e. The van der Waals surface area contributed by atoms with Crippen LogP contribution in [0, 0.1) is 11.8 Å². The smallest absolute Gasteiger partial charge is 0.308 e. The van der Waals surface area contributed by atoms with E-state index in [9.17, 15) is 4.79 Å². The lowest BCUT2D eigenvalue weighted by atomic mass is 9.89. The quantitative estimate of drug-likeness (QED) is 0.736. The zero-order valence-corrected chi connectivity index (χ0v) is 9.73. The van der Waals surface area contributed by atoms with E-state index in [0.717, 1.165) is 19.5 Å². The van der Waals surface area contributed by atoms with E-state index < -0.39 is 0 Å². The SMILES string of the molecule is COC(=O)C(C)CC1CCNCC1.Cl. The van der Waals surface area contributed by atoms with E-state index in [1.54, 1.807) is 0 Å². The van der Waals surface area contributed by atoms with Gasteiger partial charge in [0, 0.05) is 0 Å². The summed E-state index contributed by atoms with van der Waals surface area (Å²) in [6, 6.07) is 0. The van der Waals surface area contributed by atoms with Gasteiger partial charge in [-0.3, -0.25) is 4.79 Å². The van der Waals surface area contributed by atoms with E-state index >= 15 is 0 Å². The van der Waals surface area contributed by atoms with E-state index in [2.05, 4.69) is 5.32 Å². The van der Waals surface area contributed by atoms with Crippen LogP contribution in [0.5, 0.6) is 0 Å². The Bertz CT molecular complexity index is 170. The van der Waals surface area contributed by atoms with Crippen LogP contribution in [-0.2, 0) is 9.53 Å². The third kappa shape index (κ3) is 4.29. The molecule has 0 bridgehead atoms. The molecule has 1 unspecified atom stereocenters. The average molecular weight is 222 g/mol. The molecule has 1 heterocycles. The molecule has 1 rings (SSSR count). The molecule has 0 radical (unpaired) electrons. The third-order valence-electron chi connectivity index (χ3n) is 2.75. The zero-order valence-electron chi connectivity index (χ0n) is 8.91. The minimum atomic E-state index is -0.0708. The van der Waals surface area contributed by atoms with Gasteiger partial charge in [-0.15, -0.1) is 12.4 Å². The summed E-state index contributed by atoms with van der Waals surface area (Å²) in [5.74, 6) is 0.696. The van der Waals surface area contributed by atoms with E-state index in [4.69, 9.17) is 4.74 Å². The highest BCUT2D eigenvalue weighted by Gasteiger charge is 2.20. The van der Waals surface area contributed by atoms with Crippen LogP contribution in [0.1, 0.15) is 26.2 Å². The van der Waals surface area contributed by atoms with Crippen LogP contribution in [0.25, 0.3) is 0 Å². The molecule has 4 heteroatoms. The summed E-state index contributed by atoms with van der Waals surface area (Å²) >= 11 is 0. The highest BCUT2D eigenvalue weighted by atomic mass is 35.5. The number of ether oxygens (including phenoxy) is 1. The van der Waals surface area contributed by atoms with Gasteiger partial charge < -0.3 is 10.1 Å². The highest BCUT2D eigenvalue weighted by Crippen LogP contribution is 2.21. The number of esters is 1. The largest absolute Gasteiger partial charge is 0.469 e. The second-order valence-electron chi connectivity index (χ2n) is 3.85. The van der Waals surface area contributed by atoms with Crippen molar-refractivity contribution in [3.8, 4) is 0 Å². The van der Waals surface area contributed by atoms with Crippen LogP contribution < -0.4 is 5.32 Å². The Morgan fingerprint density at radius 3 is 2.57 bits per heavy atom. The molecule has 1 N–H and O–H groups in total. The van der Waals surface area contributed by atoms with Gasteiger partial charge in [0.05, 0.1) is 13.0 Å². The number of halogens is 1. The molecular formula is C10H20ClNO2. The molecule has 0 spiro atoms. The minimum absolute atomic E-state index is 0. The molecule has 0 aromatic heterocycles. The standard InChI is InChI=1S/C10H19NO2.ClH/c1-8(10(12)13-2)7-9-3-5-11-6-4-9;/h8-9,11H,3-7H2,1-2H3;1H. The van der Waals surface area contributed by atoms with Crippen LogP contribution in [0.4, 0.5) is 0 Å². The van der Waals surface area contributed by atoms with Gasteiger partial charge in [0.15, 0.2) is 0 Å². The van der Waals surface area contributed by atoms with Crippen LogP contribution >= 0.6 is 12.4 Å². The van der Waals surface area contributed by atoms with Gasteiger partial charge in [-0.25, -0.2) is 0 Å². The maximum absolute atomic E-state index is 11.1. The minimum Gasteiger partial charge on any atom is -0.469 e. The molecule has 0 aliphatic carbocycles. The van der Waals surface area contributed by atoms with Crippen LogP contribution in [0.2, 0.25) is 0 Å². The van der Waals surface area contributed by atoms with Gasteiger partial charge in [-0.1, -0.05) is 6.92 Å². The van der Waals surface area contributed by atoms with E-state index in [1.807, 2.05) is 6.92 Å². The van der Waals surface area contributed by atoms with E-state index in [-0.39, 0.29) is 24.3 Å².